The van der Waals surface area contributed by atoms with E-state index in [1.54, 1.807) is 7.11 Å². The van der Waals surface area contributed by atoms with Gasteiger partial charge in [-0.15, -0.1) is 0 Å². The van der Waals surface area contributed by atoms with Crippen LogP contribution in [-0.2, 0) is 22.6 Å². The number of nitrogens with one attached hydrogen (secondary N) is 2. The smallest absolute Gasteiger partial charge is 0.191 e. The molecular formula is C22H37N3O2. The van der Waals surface area contributed by atoms with Gasteiger partial charge in [0.25, 0.3) is 0 Å². The second-order valence-corrected chi connectivity index (χ2v) is 7.91. The Morgan fingerprint density at radius 1 is 1.19 bits per heavy atom. The van der Waals surface area contributed by atoms with E-state index in [2.05, 4.69) is 53.7 Å². The second kappa shape index (κ2) is 11.3. The summed E-state index contributed by atoms with van der Waals surface area (Å²) in [6.45, 7) is 7.31. The van der Waals surface area contributed by atoms with E-state index in [0.29, 0.717) is 12.0 Å². The maximum absolute atomic E-state index is 5.70. The normalized spacial score (nSPS) is 16.7. The summed E-state index contributed by atoms with van der Waals surface area (Å²) >= 11 is 0. The predicted molar refractivity (Wildman–Crippen MR) is 112 cm³/mol. The molecule has 5 nitrogen and oxygen atoms in total. The maximum atomic E-state index is 5.70. The minimum Gasteiger partial charge on any atom is -0.385 e. The SMILES string of the molecule is CN=C(NCc1cccc(COC(C)C)c1)NCC1(CCOC)CCCC1. The third kappa shape index (κ3) is 7.51. The van der Waals surface area contributed by atoms with E-state index in [0.717, 1.165) is 32.1 Å². The Bertz CT molecular complexity index is 581. The average Bonchev–Trinajstić information content (AvgIpc) is 3.14. The van der Waals surface area contributed by atoms with Crippen molar-refractivity contribution in [2.45, 2.75) is 65.2 Å². The van der Waals surface area contributed by atoms with Crippen LogP contribution in [0, 0.1) is 5.41 Å². The number of rotatable bonds is 10. The number of benzene rings is 1. The lowest BCUT2D eigenvalue weighted by Crippen LogP contribution is -2.43. The Kier molecular flexibility index (Phi) is 9.08. The molecule has 0 amide bonds. The fraction of sp³-hybridized carbons (Fsp3) is 0.682. The van der Waals surface area contributed by atoms with Crippen LogP contribution in [0.3, 0.4) is 0 Å². The molecule has 1 aliphatic carbocycles. The monoisotopic (exact) mass is 375 g/mol. The summed E-state index contributed by atoms with van der Waals surface area (Å²) in [5, 5.41) is 6.99. The third-order valence-corrected chi connectivity index (χ3v) is 5.39. The molecule has 0 saturated heterocycles. The Morgan fingerprint density at radius 3 is 2.59 bits per heavy atom. The highest BCUT2D eigenvalue weighted by atomic mass is 16.5. The van der Waals surface area contributed by atoms with E-state index in [-0.39, 0.29) is 6.10 Å². The van der Waals surface area contributed by atoms with E-state index in [9.17, 15) is 0 Å². The van der Waals surface area contributed by atoms with Crippen LogP contribution < -0.4 is 10.6 Å². The zero-order chi connectivity index (χ0) is 19.5. The molecule has 27 heavy (non-hydrogen) atoms. The van der Waals surface area contributed by atoms with Crippen LogP contribution in [0.15, 0.2) is 29.3 Å². The standard InChI is InChI=1S/C22H37N3O2/c1-18(2)27-16-20-9-7-8-19(14-20)15-24-21(23-3)25-17-22(12-13-26-4)10-5-6-11-22/h7-9,14,18H,5-6,10-13,15-17H2,1-4H3,(H2,23,24,25). The third-order valence-electron chi connectivity index (χ3n) is 5.39. The number of aliphatic imine (C=N–C) groups is 1. The lowest BCUT2D eigenvalue weighted by molar-refractivity contribution is 0.0657. The van der Waals surface area contributed by atoms with Crippen molar-refractivity contribution >= 4 is 5.96 Å². The van der Waals surface area contributed by atoms with Crippen molar-refractivity contribution in [3.05, 3.63) is 35.4 Å². The van der Waals surface area contributed by atoms with Crippen LogP contribution in [0.25, 0.3) is 0 Å². The van der Waals surface area contributed by atoms with Gasteiger partial charge in [0.05, 0.1) is 12.7 Å². The highest BCUT2D eigenvalue weighted by molar-refractivity contribution is 5.79. The minimum atomic E-state index is 0.246. The van der Waals surface area contributed by atoms with Gasteiger partial charge in [-0.05, 0) is 49.7 Å². The first kappa shape index (κ1) is 21.7. The first-order valence-corrected chi connectivity index (χ1v) is 10.2. The van der Waals surface area contributed by atoms with Crippen molar-refractivity contribution in [2.75, 3.05) is 27.3 Å². The molecule has 1 saturated carbocycles. The maximum Gasteiger partial charge on any atom is 0.191 e. The van der Waals surface area contributed by atoms with Crippen molar-refractivity contribution in [2.24, 2.45) is 10.4 Å². The van der Waals surface area contributed by atoms with Gasteiger partial charge in [0.2, 0.25) is 0 Å². The fourth-order valence-corrected chi connectivity index (χ4v) is 3.73. The highest BCUT2D eigenvalue weighted by Gasteiger charge is 2.33. The second-order valence-electron chi connectivity index (χ2n) is 7.91. The van der Waals surface area contributed by atoms with Gasteiger partial charge in [0.15, 0.2) is 5.96 Å². The van der Waals surface area contributed by atoms with E-state index in [4.69, 9.17) is 9.47 Å². The summed E-state index contributed by atoms with van der Waals surface area (Å²) in [6, 6.07) is 8.53. The molecule has 0 atom stereocenters. The summed E-state index contributed by atoms with van der Waals surface area (Å²) in [6.07, 6.45) is 6.56. The first-order chi connectivity index (χ1) is 13.1. The molecular weight excluding hydrogens is 338 g/mol. The molecule has 0 unspecified atom stereocenters. The molecule has 0 spiro atoms. The number of hydrogen-bond donors (Lipinski definition) is 2. The first-order valence-electron chi connectivity index (χ1n) is 10.2. The van der Waals surface area contributed by atoms with E-state index in [1.807, 2.05) is 7.05 Å². The van der Waals surface area contributed by atoms with Gasteiger partial charge in [0, 0.05) is 33.9 Å². The molecule has 1 fully saturated rings. The van der Waals surface area contributed by atoms with Crippen molar-refractivity contribution in [3.8, 4) is 0 Å². The molecule has 0 radical (unpaired) electrons. The average molecular weight is 376 g/mol. The molecule has 1 aromatic carbocycles. The molecule has 2 N–H and O–H groups in total. The summed E-state index contributed by atoms with van der Waals surface area (Å²) < 4.78 is 11.0. The van der Waals surface area contributed by atoms with E-state index < -0.39 is 0 Å². The van der Waals surface area contributed by atoms with Crippen molar-refractivity contribution in [1.82, 2.24) is 10.6 Å². The Labute approximate surface area is 164 Å². The van der Waals surface area contributed by atoms with Gasteiger partial charge < -0.3 is 20.1 Å². The zero-order valence-corrected chi connectivity index (χ0v) is 17.5. The van der Waals surface area contributed by atoms with Gasteiger partial charge in [-0.3, -0.25) is 4.99 Å². The molecule has 2 rings (SSSR count). The van der Waals surface area contributed by atoms with Crippen LogP contribution in [0.5, 0.6) is 0 Å². The van der Waals surface area contributed by atoms with Crippen LogP contribution in [0.4, 0.5) is 0 Å². The summed E-state index contributed by atoms with van der Waals surface area (Å²) in [5.74, 6) is 0.863. The molecule has 1 aromatic rings. The van der Waals surface area contributed by atoms with Crippen LogP contribution in [0.1, 0.15) is 57.1 Å². The number of ether oxygens (including phenoxy) is 2. The highest BCUT2D eigenvalue weighted by Crippen LogP contribution is 2.40. The molecule has 0 heterocycles. The van der Waals surface area contributed by atoms with Crippen molar-refractivity contribution in [3.63, 3.8) is 0 Å². The van der Waals surface area contributed by atoms with Gasteiger partial charge in [-0.1, -0.05) is 37.1 Å². The van der Waals surface area contributed by atoms with Crippen molar-refractivity contribution < 1.29 is 9.47 Å². The lowest BCUT2D eigenvalue weighted by atomic mass is 9.83. The minimum absolute atomic E-state index is 0.246. The summed E-state index contributed by atoms with van der Waals surface area (Å²) in [4.78, 5) is 4.40. The summed E-state index contributed by atoms with van der Waals surface area (Å²) in [7, 11) is 3.62. The molecule has 1 aliphatic rings. The van der Waals surface area contributed by atoms with Gasteiger partial charge in [-0.25, -0.2) is 0 Å². The molecule has 0 aromatic heterocycles. The molecule has 0 aliphatic heterocycles. The zero-order valence-electron chi connectivity index (χ0n) is 17.5. The predicted octanol–water partition coefficient (Wildman–Crippen LogP) is 3.87. The molecule has 0 bridgehead atoms. The summed E-state index contributed by atoms with van der Waals surface area (Å²) in [5.41, 5.74) is 2.79. The van der Waals surface area contributed by atoms with E-state index >= 15 is 0 Å². The largest absolute Gasteiger partial charge is 0.385 e. The van der Waals surface area contributed by atoms with Gasteiger partial charge in [-0.2, -0.15) is 0 Å². The molecule has 152 valence electrons. The van der Waals surface area contributed by atoms with Crippen LogP contribution >= 0.6 is 0 Å². The lowest BCUT2D eigenvalue weighted by Gasteiger charge is -2.30. The van der Waals surface area contributed by atoms with Crippen LogP contribution in [0.2, 0.25) is 0 Å². The number of nitrogens with zero attached hydrogens (tertiary/aromatic N) is 1. The van der Waals surface area contributed by atoms with Crippen molar-refractivity contribution in [1.29, 1.82) is 0 Å². The topological polar surface area (TPSA) is 54.9 Å². The molecule has 5 heteroatoms. The Balaban J connectivity index is 1.84. The van der Waals surface area contributed by atoms with Gasteiger partial charge in [0.1, 0.15) is 0 Å². The fourth-order valence-electron chi connectivity index (χ4n) is 3.73. The number of methoxy groups -OCH3 is 1. The Morgan fingerprint density at radius 2 is 1.93 bits per heavy atom. The quantitative estimate of drug-likeness (QED) is 0.481. The number of guanidine groups is 1. The van der Waals surface area contributed by atoms with E-state index in [1.165, 1.54) is 36.8 Å². The van der Waals surface area contributed by atoms with Crippen LogP contribution in [-0.4, -0.2) is 39.4 Å². The Hall–Kier alpha value is -1.59. The van der Waals surface area contributed by atoms with Gasteiger partial charge >= 0.3 is 0 Å². The number of hydrogen-bond acceptors (Lipinski definition) is 3.